The summed E-state index contributed by atoms with van der Waals surface area (Å²) >= 11 is 1.81. The third-order valence-corrected chi connectivity index (χ3v) is 5.12. The second-order valence-corrected chi connectivity index (χ2v) is 7.10. The molecule has 0 atom stereocenters. The van der Waals surface area contributed by atoms with Crippen LogP contribution in [0.5, 0.6) is 0 Å². The maximum absolute atomic E-state index is 4.99. The maximum Gasteiger partial charge on any atom is 0.105 e. The van der Waals surface area contributed by atoms with E-state index in [2.05, 4.69) is 91.9 Å². The van der Waals surface area contributed by atoms with Crippen LogP contribution in [0.3, 0.4) is 0 Å². The molecule has 0 aliphatic heterocycles. The fourth-order valence-corrected chi connectivity index (χ4v) is 4.01. The van der Waals surface area contributed by atoms with Gasteiger partial charge in [-0.2, -0.15) is 0 Å². The van der Waals surface area contributed by atoms with Gasteiger partial charge >= 0.3 is 0 Å². The van der Waals surface area contributed by atoms with E-state index in [9.17, 15) is 0 Å². The van der Waals surface area contributed by atoms with Gasteiger partial charge in [0.05, 0.1) is 5.52 Å². The number of fused-ring (bicyclic) bond motifs is 1. The van der Waals surface area contributed by atoms with Gasteiger partial charge in [0.2, 0.25) is 0 Å². The Bertz CT molecular complexity index is 994. The highest BCUT2D eigenvalue weighted by atomic mass is 32.2. The average molecular weight is 341 g/mol. The van der Waals surface area contributed by atoms with E-state index in [0.29, 0.717) is 0 Å². The number of hydrogen-bond acceptors (Lipinski definition) is 2. The highest BCUT2D eigenvalue weighted by molar-refractivity contribution is 7.99. The number of hydrogen-bond donors (Lipinski definition) is 0. The van der Waals surface area contributed by atoms with E-state index in [1.54, 1.807) is 0 Å². The van der Waals surface area contributed by atoms with Crippen molar-refractivity contribution < 1.29 is 0 Å². The molecule has 3 aromatic carbocycles. The van der Waals surface area contributed by atoms with Crippen LogP contribution in [0.2, 0.25) is 0 Å². The Morgan fingerprint density at radius 1 is 0.680 bits per heavy atom. The van der Waals surface area contributed by atoms with Crippen LogP contribution >= 0.6 is 11.8 Å². The Morgan fingerprint density at radius 2 is 1.24 bits per heavy atom. The predicted octanol–water partition coefficient (Wildman–Crippen LogP) is 6.68. The fourth-order valence-electron chi connectivity index (χ4n) is 3.21. The number of nitrogens with zero attached hydrogens (tertiary/aromatic N) is 1. The standard InChI is InChI=1S/C23H19NS/c1-2-25-23-22(18-13-7-4-8-14-18)21(17-11-5-3-6-12-17)19-15-9-10-16-20(19)24-23/h3-16H,2H2,1H3. The van der Waals surface area contributed by atoms with Crippen LogP contribution in [-0.4, -0.2) is 10.7 Å². The molecule has 4 aromatic rings. The summed E-state index contributed by atoms with van der Waals surface area (Å²) in [6.07, 6.45) is 0. The molecule has 0 radical (unpaired) electrons. The molecule has 25 heavy (non-hydrogen) atoms. The SMILES string of the molecule is CCSc1nc2ccccc2c(-c2ccccc2)c1-c1ccccc1. The fraction of sp³-hybridized carbons (Fsp3) is 0.0870. The van der Waals surface area contributed by atoms with Gasteiger partial charge in [0.15, 0.2) is 0 Å². The van der Waals surface area contributed by atoms with Crippen molar-refractivity contribution in [1.82, 2.24) is 4.98 Å². The molecular weight excluding hydrogens is 322 g/mol. The summed E-state index contributed by atoms with van der Waals surface area (Å²) < 4.78 is 0. The monoisotopic (exact) mass is 341 g/mol. The van der Waals surface area contributed by atoms with E-state index in [1.165, 1.54) is 27.6 Å². The largest absolute Gasteiger partial charge is 0.241 e. The van der Waals surface area contributed by atoms with Crippen LogP contribution in [0.1, 0.15) is 6.92 Å². The summed E-state index contributed by atoms with van der Waals surface area (Å²) in [6, 6.07) is 29.7. The molecule has 0 saturated heterocycles. The molecule has 0 bridgehead atoms. The van der Waals surface area contributed by atoms with Crippen LogP contribution < -0.4 is 0 Å². The minimum atomic E-state index is 0.999. The number of benzene rings is 3. The summed E-state index contributed by atoms with van der Waals surface area (Å²) in [4.78, 5) is 4.99. The van der Waals surface area contributed by atoms with Gasteiger partial charge in [0.25, 0.3) is 0 Å². The van der Waals surface area contributed by atoms with Crippen molar-refractivity contribution in [3.05, 3.63) is 84.9 Å². The Kier molecular flexibility index (Phi) is 4.53. The quantitative estimate of drug-likeness (QED) is 0.384. The summed E-state index contributed by atoms with van der Waals surface area (Å²) in [6.45, 7) is 2.18. The molecule has 0 aliphatic rings. The number of thioether (sulfide) groups is 1. The normalized spacial score (nSPS) is 10.9. The van der Waals surface area contributed by atoms with E-state index >= 15 is 0 Å². The second kappa shape index (κ2) is 7.12. The van der Waals surface area contributed by atoms with E-state index in [-0.39, 0.29) is 0 Å². The van der Waals surface area contributed by atoms with E-state index < -0.39 is 0 Å². The first kappa shape index (κ1) is 15.9. The summed E-state index contributed by atoms with van der Waals surface area (Å²) in [7, 11) is 0. The molecule has 1 heterocycles. The molecule has 1 aromatic heterocycles. The highest BCUT2D eigenvalue weighted by Gasteiger charge is 2.17. The van der Waals surface area contributed by atoms with E-state index in [1.807, 2.05) is 11.8 Å². The lowest BCUT2D eigenvalue weighted by Gasteiger charge is -2.17. The van der Waals surface area contributed by atoms with Gasteiger partial charge in [0, 0.05) is 16.5 Å². The van der Waals surface area contributed by atoms with Gasteiger partial charge in [-0.1, -0.05) is 85.8 Å². The van der Waals surface area contributed by atoms with Crippen molar-refractivity contribution in [3.8, 4) is 22.3 Å². The smallest absolute Gasteiger partial charge is 0.105 e. The third kappa shape index (κ3) is 3.06. The molecule has 1 nitrogen and oxygen atoms in total. The topological polar surface area (TPSA) is 12.9 Å². The molecular formula is C23H19NS. The molecule has 0 N–H and O–H groups in total. The van der Waals surface area contributed by atoms with Crippen molar-refractivity contribution in [2.24, 2.45) is 0 Å². The minimum absolute atomic E-state index is 0.999. The number of para-hydroxylation sites is 1. The lowest BCUT2D eigenvalue weighted by molar-refractivity contribution is 1.19. The number of aromatic nitrogens is 1. The second-order valence-electron chi connectivity index (χ2n) is 5.85. The molecule has 0 spiro atoms. The van der Waals surface area contributed by atoms with Crippen molar-refractivity contribution in [2.45, 2.75) is 11.9 Å². The first-order chi connectivity index (χ1) is 12.4. The molecule has 0 amide bonds. The molecule has 2 heteroatoms. The van der Waals surface area contributed by atoms with Gasteiger partial charge in [-0.25, -0.2) is 4.98 Å². The first-order valence-corrected chi connectivity index (χ1v) is 9.53. The van der Waals surface area contributed by atoms with Crippen molar-refractivity contribution in [2.75, 3.05) is 5.75 Å². The maximum atomic E-state index is 4.99. The van der Waals surface area contributed by atoms with Crippen molar-refractivity contribution >= 4 is 22.7 Å². The summed E-state index contributed by atoms with van der Waals surface area (Å²) in [5.41, 5.74) is 6.01. The average Bonchev–Trinajstić information content (AvgIpc) is 2.68. The molecule has 4 rings (SSSR count). The minimum Gasteiger partial charge on any atom is -0.241 e. The van der Waals surface area contributed by atoms with E-state index in [0.717, 1.165) is 16.3 Å². The Labute approximate surface area is 152 Å². The molecule has 0 unspecified atom stereocenters. The van der Waals surface area contributed by atoms with Crippen LogP contribution in [0.15, 0.2) is 90.0 Å². The van der Waals surface area contributed by atoms with Gasteiger partial charge in [-0.15, -0.1) is 11.8 Å². The highest BCUT2D eigenvalue weighted by Crippen LogP contribution is 2.42. The lowest BCUT2D eigenvalue weighted by atomic mass is 9.92. The van der Waals surface area contributed by atoms with Gasteiger partial charge in [0.1, 0.15) is 5.03 Å². The van der Waals surface area contributed by atoms with Crippen LogP contribution in [0, 0.1) is 0 Å². The van der Waals surface area contributed by atoms with Gasteiger partial charge in [-0.05, 0) is 22.9 Å². The number of pyridine rings is 1. The zero-order valence-electron chi connectivity index (χ0n) is 14.1. The molecule has 122 valence electrons. The van der Waals surface area contributed by atoms with E-state index in [4.69, 9.17) is 4.98 Å². The van der Waals surface area contributed by atoms with Crippen LogP contribution in [0.25, 0.3) is 33.2 Å². The molecule has 0 aliphatic carbocycles. The molecule has 0 fully saturated rings. The Balaban J connectivity index is 2.14. The number of rotatable bonds is 4. The van der Waals surface area contributed by atoms with Crippen molar-refractivity contribution in [3.63, 3.8) is 0 Å². The van der Waals surface area contributed by atoms with Gasteiger partial charge < -0.3 is 0 Å². The predicted molar refractivity (Wildman–Crippen MR) is 109 cm³/mol. The lowest BCUT2D eigenvalue weighted by Crippen LogP contribution is -1.95. The zero-order valence-corrected chi connectivity index (χ0v) is 15.0. The summed E-state index contributed by atoms with van der Waals surface area (Å²) in [5, 5.41) is 2.30. The first-order valence-electron chi connectivity index (χ1n) is 8.55. The van der Waals surface area contributed by atoms with Gasteiger partial charge in [-0.3, -0.25) is 0 Å². The zero-order chi connectivity index (χ0) is 17.1. The van der Waals surface area contributed by atoms with Crippen LogP contribution in [-0.2, 0) is 0 Å². The Hall–Kier alpha value is -2.58. The molecule has 0 saturated carbocycles. The summed E-state index contributed by atoms with van der Waals surface area (Å²) in [5.74, 6) is 0.999. The van der Waals surface area contributed by atoms with Crippen molar-refractivity contribution in [1.29, 1.82) is 0 Å². The van der Waals surface area contributed by atoms with Crippen LogP contribution in [0.4, 0.5) is 0 Å². The Morgan fingerprint density at radius 3 is 1.88 bits per heavy atom. The third-order valence-electron chi connectivity index (χ3n) is 4.27.